The molecule has 2 aromatic rings. The van der Waals surface area contributed by atoms with Crippen molar-refractivity contribution in [2.75, 3.05) is 20.3 Å². The third-order valence-electron chi connectivity index (χ3n) is 3.53. The molecule has 0 spiro atoms. The van der Waals surface area contributed by atoms with E-state index in [1.165, 1.54) is 7.11 Å². The van der Waals surface area contributed by atoms with Crippen LogP contribution < -0.4 is 10.1 Å². The fraction of sp³-hybridized carbons (Fsp3) is 0.278. The average molecular weight is 334 g/mol. The van der Waals surface area contributed by atoms with Crippen LogP contribution in [0.4, 0.5) is 0 Å². The molecule has 5 heteroatoms. The van der Waals surface area contributed by atoms with Crippen LogP contribution in [-0.4, -0.2) is 31.3 Å². The summed E-state index contributed by atoms with van der Waals surface area (Å²) in [7, 11) is 1.52. The van der Waals surface area contributed by atoms with E-state index < -0.39 is 0 Å². The zero-order chi connectivity index (χ0) is 16.7. The van der Waals surface area contributed by atoms with Gasteiger partial charge in [0.25, 0.3) is 5.91 Å². The van der Waals surface area contributed by atoms with Gasteiger partial charge in [-0.1, -0.05) is 35.9 Å². The van der Waals surface area contributed by atoms with Gasteiger partial charge in [-0.25, -0.2) is 0 Å². The standard InChI is InChI=1S/C18H20ClNO3/c1-23-17-7-6-15(19)12-16(17)18(22)20-10-8-13-2-4-14(5-3-13)9-11-21/h2-7,12,21H,8-11H2,1H3,(H,20,22). The third kappa shape index (κ3) is 4.98. The van der Waals surface area contributed by atoms with Crippen LogP contribution in [0.2, 0.25) is 5.02 Å². The molecule has 0 aliphatic carbocycles. The third-order valence-corrected chi connectivity index (χ3v) is 3.76. The Bertz CT molecular complexity index is 656. The van der Waals surface area contributed by atoms with Gasteiger partial charge in [0.1, 0.15) is 5.75 Å². The number of benzene rings is 2. The van der Waals surface area contributed by atoms with Crippen molar-refractivity contribution in [3.63, 3.8) is 0 Å². The van der Waals surface area contributed by atoms with E-state index in [9.17, 15) is 4.79 Å². The number of hydrogen-bond acceptors (Lipinski definition) is 3. The molecule has 1 amide bonds. The number of carbonyl (C=O) groups is 1. The lowest BCUT2D eigenvalue weighted by Gasteiger charge is -2.10. The topological polar surface area (TPSA) is 58.6 Å². The van der Waals surface area contributed by atoms with Gasteiger partial charge in [0.15, 0.2) is 0 Å². The SMILES string of the molecule is COc1ccc(Cl)cc1C(=O)NCCc1ccc(CCO)cc1. The first-order valence-electron chi connectivity index (χ1n) is 7.44. The van der Waals surface area contributed by atoms with Gasteiger partial charge in [-0.2, -0.15) is 0 Å². The summed E-state index contributed by atoms with van der Waals surface area (Å²) in [5.41, 5.74) is 2.66. The molecule has 0 fully saturated rings. The highest BCUT2D eigenvalue weighted by Crippen LogP contribution is 2.22. The Morgan fingerprint density at radius 1 is 1.13 bits per heavy atom. The minimum absolute atomic E-state index is 0.150. The number of aliphatic hydroxyl groups excluding tert-OH is 1. The molecule has 0 aromatic heterocycles. The number of hydrogen-bond donors (Lipinski definition) is 2. The van der Waals surface area contributed by atoms with Crippen molar-refractivity contribution in [1.29, 1.82) is 0 Å². The maximum Gasteiger partial charge on any atom is 0.255 e. The second-order valence-electron chi connectivity index (χ2n) is 5.14. The molecular weight excluding hydrogens is 314 g/mol. The Morgan fingerprint density at radius 2 is 1.78 bits per heavy atom. The molecule has 0 aliphatic rings. The largest absolute Gasteiger partial charge is 0.496 e. The summed E-state index contributed by atoms with van der Waals surface area (Å²) in [6.45, 7) is 0.671. The maximum absolute atomic E-state index is 12.2. The molecule has 2 N–H and O–H groups in total. The van der Waals surface area contributed by atoms with Crippen LogP contribution in [0.15, 0.2) is 42.5 Å². The van der Waals surface area contributed by atoms with E-state index >= 15 is 0 Å². The minimum atomic E-state index is -0.207. The summed E-state index contributed by atoms with van der Waals surface area (Å²) in [4.78, 5) is 12.2. The van der Waals surface area contributed by atoms with Crippen LogP contribution >= 0.6 is 11.6 Å². The van der Waals surface area contributed by atoms with Crippen LogP contribution in [0.5, 0.6) is 5.75 Å². The zero-order valence-electron chi connectivity index (χ0n) is 13.0. The summed E-state index contributed by atoms with van der Waals surface area (Å²) in [6, 6.07) is 13.0. The van der Waals surface area contributed by atoms with Crippen LogP contribution in [-0.2, 0) is 12.8 Å². The average Bonchev–Trinajstić information content (AvgIpc) is 2.56. The molecule has 4 nitrogen and oxygen atoms in total. The molecular formula is C18H20ClNO3. The van der Waals surface area contributed by atoms with Crippen LogP contribution in [0.3, 0.4) is 0 Å². The summed E-state index contributed by atoms with van der Waals surface area (Å²) in [5, 5.41) is 12.3. The van der Waals surface area contributed by atoms with Gasteiger partial charge in [0, 0.05) is 18.2 Å². The summed E-state index contributed by atoms with van der Waals surface area (Å²) in [5.74, 6) is 0.293. The molecule has 0 saturated carbocycles. The molecule has 0 unspecified atom stereocenters. The van der Waals surface area contributed by atoms with Gasteiger partial charge in [-0.05, 0) is 42.2 Å². The highest BCUT2D eigenvalue weighted by Gasteiger charge is 2.12. The number of aliphatic hydroxyl groups is 1. The van der Waals surface area contributed by atoms with Crippen LogP contribution in [0, 0.1) is 0 Å². The summed E-state index contributed by atoms with van der Waals surface area (Å²) < 4.78 is 5.18. The van der Waals surface area contributed by atoms with E-state index in [1.54, 1.807) is 18.2 Å². The molecule has 0 saturated heterocycles. The first-order chi connectivity index (χ1) is 11.1. The molecule has 0 radical (unpaired) electrons. The molecule has 0 aliphatic heterocycles. The molecule has 2 aromatic carbocycles. The molecule has 122 valence electrons. The smallest absolute Gasteiger partial charge is 0.255 e. The van der Waals surface area contributed by atoms with Crippen LogP contribution in [0.25, 0.3) is 0 Å². The lowest BCUT2D eigenvalue weighted by molar-refractivity contribution is 0.0951. The quantitative estimate of drug-likeness (QED) is 0.819. The molecule has 23 heavy (non-hydrogen) atoms. The number of carbonyl (C=O) groups excluding carboxylic acids is 1. The predicted molar refractivity (Wildman–Crippen MR) is 91.3 cm³/mol. The van der Waals surface area contributed by atoms with Crippen molar-refractivity contribution in [3.8, 4) is 5.75 Å². The normalized spacial score (nSPS) is 10.4. The lowest BCUT2D eigenvalue weighted by Crippen LogP contribution is -2.26. The van der Waals surface area contributed by atoms with Gasteiger partial charge in [0.2, 0.25) is 0 Å². The summed E-state index contributed by atoms with van der Waals surface area (Å²) >= 11 is 5.93. The Hall–Kier alpha value is -2.04. The Kier molecular flexibility index (Phi) is 6.44. The number of methoxy groups -OCH3 is 1. The number of halogens is 1. The first kappa shape index (κ1) is 17.3. The van der Waals surface area contributed by atoms with Crippen molar-refractivity contribution < 1.29 is 14.6 Å². The fourth-order valence-corrected chi connectivity index (χ4v) is 2.45. The first-order valence-corrected chi connectivity index (χ1v) is 7.82. The van der Waals surface area contributed by atoms with Crippen molar-refractivity contribution in [2.24, 2.45) is 0 Å². The van der Waals surface area contributed by atoms with E-state index in [4.69, 9.17) is 21.4 Å². The second kappa shape index (κ2) is 8.56. The lowest BCUT2D eigenvalue weighted by atomic mass is 10.1. The zero-order valence-corrected chi connectivity index (χ0v) is 13.8. The van der Waals surface area contributed by atoms with Crippen molar-refractivity contribution >= 4 is 17.5 Å². The van der Waals surface area contributed by atoms with E-state index in [0.29, 0.717) is 29.3 Å². The molecule has 0 heterocycles. The second-order valence-corrected chi connectivity index (χ2v) is 5.58. The van der Waals surface area contributed by atoms with Gasteiger partial charge in [0.05, 0.1) is 12.7 Å². The van der Waals surface area contributed by atoms with Crippen molar-refractivity contribution in [3.05, 3.63) is 64.2 Å². The minimum Gasteiger partial charge on any atom is -0.496 e. The number of rotatable bonds is 7. The van der Waals surface area contributed by atoms with Crippen LogP contribution in [0.1, 0.15) is 21.5 Å². The monoisotopic (exact) mass is 333 g/mol. The molecule has 0 bridgehead atoms. The number of nitrogens with one attached hydrogen (secondary N) is 1. The Morgan fingerprint density at radius 3 is 2.39 bits per heavy atom. The van der Waals surface area contributed by atoms with E-state index in [0.717, 1.165) is 17.5 Å². The van der Waals surface area contributed by atoms with E-state index in [-0.39, 0.29) is 12.5 Å². The Labute approximate surface area is 141 Å². The Balaban J connectivity index is 1.91. The van der Waals surface area contributed by atoms with E-state index in [2.05, 4.69) is 5.32 Å². The fourth-order valence-electron chi connectivity index (χ4n) is 2.27. The highest BCUT2D eigenvalue weighted by molar-refractivity contribution is 6.31. The highest BCUT2D eigenvalue weighted by atomic mass is 35.5. The number of ether oxygens (including phenoxy) is 1. The number of amides is 1. The van der Waals surface area contributed by atoms with Gasteiger partial charge < -0.3 is 15.2 Å². The van der Waals surface area contributed by atoms with Gasteiger partial charge in [-0.15, -0.1) is 0 Å². The van der Waals surface area contributed by atoms with E-state index in [1.807, 2.05) is 24.3 Å². The van der Waals surface area contributed by atoms with Gasteiger partial charge >= 0.3 is 0 Å². The summed E-state index contributed by atoms with van der Waals surface area (Å²) in [6.07, 6.45) is 1.39. The van der Waals surface area contributed by atoms with Crippen molar-refractivity contribution in [1.82, 2.24) is 5.32 Å². The molecule has 0 atom stereocenters. The van der Waals surface area contributed by atoms with Crippen molar-refractivity contribution in [2.45, 2.75) is 12.8 Å². The molecule has 2 rings (SSSR count). The predicted octanol–water partition coefficient (Wildman–Crippen LogP) is 2.86. The van der Waals surface area contributed by atoms with Gasteiger partial charge in [-0.3, -0.25) is 4.79 Å². The maximum atomic E-state index is 12.2.